The van der Waals surface area contributed by atoms with Crippen molar-refractivity contribution in [3.8, 4) is 6.07 Å². The van der Waals surface area contributed by atoms with Crippen LogP contribution < -0.4 is 0 Å². The predicted molar refractivity (Wildman–Crippen MR) is 69.9 cm³/mol. The van der Waals surface area contributed by atoms with E-state index in [1.54, 1.807) is 24.3 Å². The molecule has 0 aliphatic heterocycles. The van der Waals surface area contributed by atoms with Gasteiger partial charge in [-0.25, -0.2) is 4.39 Å². The molecule has 2 aromatic carbocycles. The first-order chi connectivity index (χ1) is 9.29. The molecule has 0 amide bonds. The van der Waals surface area contributed by atoms with Gasteiger partial charge in [0.25, 0.3) is 0 Å². The van der Waals surface area contributed by atoms with Gasteiger partial charge in [0.15, 0.2) is 0 Å². The van der Waals surface area contributed by atoms with Crippen molar-refractivity contribution in [3.63, 3.8) is 0 Å². The zero-order chi connectivity index (χ0) is 13.5. The Balaban J connectivity index is 1.93. The van der Waals surface area contributed by atoms with Crippen LogP contribution in [0.25, 0.3) is 0 Å². The third-order valence-corrected chi connectivity index (χ3v) is 2.50. The van der Waals surface area contributed by atoms with Gasteiger partial charge in [-0.1, -0.05) is 35.5 Å². The van der Waals surface area contributed by atoms with E-state index in [2.05, 4.69) is 11.2 Å². The maximum atomic E-state index is 12.7. The molecule has 0 spiro atoms. The molecule has 0 unspecified atom stereocenters. The minimum absolute atomic E-state index is 0.224. The molecule has 0 N–H and O–H groups in total. The number of hydrogen-bond donors (Lipinski definition) is 0. The maximum absolute atomic E-state index is 12.7. The Bertz CT molecular complexity index is 615. The van der Waals surface area contributed by atoms with Crippen LogP contribution in [0.15, 0.2) is 53.7 Å². The normalized spacial score (nSPS) is 10.3. The van der Waals surface area contributed by atoms with Crippen LogP contribution in [0.4, 0.5) is 4.39 Å². The topological polar surface area (TPSA) is 45.4 Å². The zero-order valence-corrected chi connectivity index (χ0v) is 10.1. The molecule has 0 fully saturated rings. The second-order valence-electron chi connectivity index (χ2n) is 3.83. The molecular formula is C15H11FN2O. The van der Waals surface area contributed by atoms with Crippen molar-refractivity contribution < 1.29 is 9.23 Å². The van der Waals surface area contributed by atoms with Gasteiger partial charge in [0.1, 0.15) is 12.4 Å². The molecule has 4 heteroatoms. The van der Waals surface area contributed by atoms with Crippen LogP contribution in [0.5, 0.6) is 0 Å². The van der Waals surface area contributed by atoms with Gasteiger partial charge in [-0.15, -0.1) is 0 Å². The van der Waals surface area contributed by atoms with Crippen LogP contribution in [0, 0.1) is 17.1 Å². The molecule has 94 valence electrons. The standard InChI is InChI=1S/C15H11FN2O/c16-15-7-5-12(6-8-15)10-18-19-11-14-4-2-1-3-13(14)9-17/h1-8,10H,11H2/b18-10+. The average Bonchev–Trinajstić information content (AvgIpc) is 2.46. The second kappa shape index (κ2) is 6.31. The van der Waals surface area contributed by atoms with Gasteiger partial charge >= 0.3 is 0 Å². The summed E-state index contributed by atoms with van der Waals surface area (Å²) in [6, 6.07) is 15.2. The van der Waals surface area contributed by atoms with Gasteiger partial charge in [0, 0.05) is 5.56 Å². The molecule has 0 heterocycles. The van der Waals surface area contributed by atoms with Gasteiger partial charge in [-0.05, 0) is 23.8 Å². The molecule has 0 radical (unpaired) electrons. The summed E-state index contributed by atoms with van der Waals surface area (Å²) in [6.07, 6.45) is 1.49. The van der Waals surface area contributed by atoms with Gasteiger partial charge in [-0.3, -0.25) is 0 Å². The van der Waals surface area contributed by atoms with Crippen LogP contribution in [0.1, 0.15) is 16.7 Å². The fourth-order valence-electron chi connectivity index (χ4n) is 1.51. The van der Waals surface area contributed by atoms with Gasteiger partial charge in [-0.2, -0.15) is 5.26 Å². The van der Waals surface area contributed by atoms with E-state index in [1.807, 2.05) is 12.1 Å². The summed E-state index contributed by atoms with van der Waals surface area (Å²) < 4.78 is 12.7. The quantitative estimate of drug-likeness (QED) is 0.621. The lowest BCUT2D eigenvalue weighted by molar-refractivity contribution is 0.132. The van der Waals surface area contributed by atoms with E-state index >= 15 is 0 Å². The first-order valence-electron chi connectivity index (χ1n) is 5.68. The Morgan fingerprint density at radius 3 is 2.63 bits per heavy atom. The Labute approximate surface area is 110 Å². The summed E-state index contributed by atoms with van der Waals surface area (Å²) in [4.78, 5) is 5.12. The highest BCUT2D eigenvalue weighted by molar-refractivity contribution is 5.78. The molecule has 0 aliphatic carbocycles. The van der Waals surface area contributed by atoms with E-state index in [1.165, 1.54) is 18.3 Å². The van der Waals surface area contributed by atoms with E-state index in [0.29, 0.717) is 5.56 Å². The van der Waals surface area contributed by atoms with Crippen LogP contribution in [0.3, 0.4) is 0 Å². The molecule has 3 nitrogen and oxygen atoms in total. The van der Waals surface area contributed by atoms with Gasteiger partial charge < -0.3 is 4.84 Å². The number of halogens is 1. The zero-order valence-electron chi connectivity index (χ0n) is 10.1. The van der Waals surface area contributed by atoms with Crippen molar-refractivity contribution in [1.82, 2.24) is 0 Å². The summed E-state index contributed by atoms with van der Waals surface area (Å²) in [7, 11) is 0. The number of nitrogens with zero attached hydrogens (tertiary/aromatic N) is 2. The molecule has 2 rings (SSSR count). The van der Waals surface area contributed by atoms with Gasteiger partial charge in [0.05, 0.1) is 17.8 Å². The Kier molecular flexibility index (Phi) is 4.25. The minimum atomic E-state index is -0.291. The fourth-order valence-corrected chi connectivity index (χ4v) is 1.51. The van der Waals surface area contributed by atoms with Crippen LogP contribution >= 0.6 is 0 Å². The first kappa shape index (κ1) is 12.8. The summed E-state index contributed by atoms with van der Waals surface area (Å²) >= 11 is 0. The van der Waals surface area contributed by atoms with E-state index in [-0.39, 0.29) is 12.4 Å². The largest absolute Gasteiger partial charge is 0.391 e. The third kappa shape index (κ3) is 3.65. The van der Waals surface area contributed by atoms with Gasteiger partial charge in [0.2, 0.25) is 0 Å². The number of hydrogen-bond acceptors (Lipinski definition) is 3. The minimum Gasteiger partial charge on any atom is -0.391 e. The molecular weight excluding hydrogens is 243 g/mol. The molecule has 0 saturated heterocycles. The number of oxime groups is 1. The van der Waals surface area contributed by atoms with Crippen LogP contribution in [0.2, 0.25) is 0 Å². The maximum Gasteiger partial charge on any atom is 0.143 e. The van der Waals surface area contributed by atoms with E-state index in [0.717, 1.165) is 11.1 Å². The molecule has 0 atom stereocenters. The lowest BCUT2D eigenvalue weighted by Gasteiger charge is -2.01. The Hall–Kier alpha value is -2.67. The Morgan fingerprint density at radius 2 is 1.89 bits per heavy atom. The monoisotopic (exact) mass is 254 g/mol. The molecule has 0 saturated carbocycles. The number of nitriles is 1. The predicted octanol–water partition coefficient (Wildman–Crippen LogP) is 3.25. The second-order valence-corrected chi connectivity index (χ2v) is 3.83. The molecule has 0 aromatic heterocycles. The molecule has 19 heavy (non-hydrogen) atoms. The summed E-state index contributed by atoms with van der Waals surface area (Å²) in [5.74, 6) is -0.291. The van der Waals surface area contributed by atoms with E-state index in [4.69, 9.17) is 10.1 Å². The van der Waals surface area contributed by atoms with Crippen molar-refractivity contribution in [2.24, 2.45) is 5.16 Å². The highest BCUT2D eigenvalue weighted by Gasteiger charge is 1.99. The molecule has 0 aliphatic rings. The lowest BCUT2D eigenvalue weighted by Crippen LogP contribution is -1.92. The fraction of sp³-hybridized carbons (Fsp3) is 0.0667. The lowest BCUT2D eigenvalue weighted by atomic mass is 10.1. The third-order valence-electron chi connectivity index (χ3n) is 2.50. The highest BCUT2D eigenvalue weighted by atomic mass is 19.1. The first-order valence-corrected chi connectivity index (χ1v) is 5.68. The van der Waals surface area contributed by atoms with Crippen molar-refractivity contribution in [1.29, 1.82) is 5.26 Å². The SMILES string of the molecule is N#Cc1ccccc1CO/N=C/c1ccc(F)cc1. The van der Waals surface area contributed by atoms with Crippen molar-refractivity contribution in [3.05, 3.63) is 71.0 Å². The summed E-state index contributed by atoms with van der Waals surface area (Å²) in [6.45, 7) is 0.224. The van der Waals surface area contributed by atoms with Crippen molar-refractivity contribution in [2.45, 2.75) is 6.61 Å². The van der Waals surface area contributed by atoms with Crippen LogP contribution in [-0.4, -0.2) is 6.21 Å². The molecule has 2 aromatic rings. The average molecular weight is 254 g/mol. The van der Waals surface area contributed by atoms with Crippen molar-refractivity contribution in [2.75, 3.05) is 0 Å². The molecule has 0 bridgehead atoms. The summed E-state index contributed by atoms with van der Waals surface area (Å²) in [5.41, 5.74) is 2.09. The van der Waals surface area contributed by atoms with Crippen molar-refractivity contribution >= 4 is 6.21 Å². The van der Waals surface area contributed by atoms with E-state index in [9.17, 15) is 4.39 Å². The number of benzene rings is 2. The Morgan fingerprint density at radius 1 is 1.16 bits per heavy atom. The number of rotatable bonds is 4. The smallest absolute Gasteiger partial charge is 0.143 e. The highest BCUT2D eigenvalue weighted by Crippen LogP contribution is 2.08. The summed E-state index contributed by atoms with van der Waals surface area (Å²) in [5, 5.41) is 12.7. The van der Waals surface area contributed by atoms with E-state index < -0.39 is 0 Å². The van der Waals surface area contributed by atoms with Crippen LogP contribution in [-0.2, 0) is 11.4 Å².